The molecule has 2 heterocycles. The minimum Gasteiger partial charge on any atom is -0.467 e. The molecule has 29 heavy (non-hydrogen) atoms. The highest BCUT2D eigenvalue weighted by atomic mass is 16.5. The Bertz CT molecular complexity index is 907. The maximum Gasteiger partial charge on any atom is 0.309 e. The molecule has 0 N–H and O–H groups in total. The van der Waals surface area contributed by atoms with Crippen molar-refractivity contribution in [3.63, 3.8) is 0 Å². The SMILES string of the molecule is Cc1cc(C(=O)COC(=O)C2C[C@@H]3CCC[C@@H](C2)C3=O)c(C)n1Cc1ccco1. The van der Waals surface area contributed by atoms with E-state index < -0.39 is 0 Å². The van der Waals surface area contributed by atoms with E-state index >= 15 is 0 Å². The van der Waals surface area contributed by atoms with E-state index in [1.54, 1.807) is 6.26 Å². The van der Waals surface area contributed by atoms with Crippen molar-refractivity contribution in [2.24, 2.45) is 17.8 Å². The number of nitrogens with zero attached hydrogens (tertiary/aromatic N) is 1. The van der Waals surface area contributed by atoms with Crippen LogP contribution in [-0.4, -0.2) is 28.7 Å². The summed E-state index contributed by atoms with van der Waals surface area (Å²) in [6.07, 6.45) is 5.58. The molecule has 2 aliphatic carbocycles. The molecular formula is C23H27NO5. The smallest absolute Gasteiger partial charge is 0.309 e. The molecule has 4 rings (SSSR count). The minimum absolute atomic E-state index is 0.00345. The van der Waals surface area contributed by atoms with E-state index in [2.05, 4.69) is 0 Å². The van der Waals surface area contributed by atoms with Crippen LogP contribution in [0.4, 0.5) is 0 Å². The summed E-state index contributed by atoms with van der Waals surface area (Å²) in [4.78, 5) is 37.4. The van der Waals surface area contributed by atoms with Gasteiger partial charge in [0.15, 0.2) is 6.61 Å². The Morgan fingerprint density at radius 2 is 1.93 bits per heavy atom. The quantitative estimate of drug-likeness (QED) is 0.546. The largest absolute Gasteiger partial charge is 0.467 e. The van der Waals surface area contributed by atoms with E-state index in [1.807, 2.05) is 36.6 Å². The number of fused-ring (bicyclic) bond motifs is 2. The van der Waals surface area contributed by atoms with Crippen LogP contribution >= 0.6 is 0 Å². The van der Waals surface area contributed by atoms with E-state index in [1.165, 1.54) is 0 Å². The fraction of sp³-hybridized carbons (Fsp3) is 0.522. The average molecular weight is 397 g/mol. The molecular weight excluding hydrogens is 370 g/mol. The molecule has 0 amide bonds. The lowest BCUT2D eigenvalue weighted by Gasteiger charge is -2.36. The van der Waals surface area contributed by atoms with Crippen LogP contribution in [0.1, 0.15) is 59.6 Å². The fourth-order valence-corrected chi connectivity index (χ4v) is 4.89. The zero-order chi connectivity index (χ0) is 20.5. The molecule has 6 heteroatoms. The second-order valence-electron chi connectivity index (χ2n) is 8.38. The predicted octanol–water partition coefficient (Wildman–Crippen LogP) is 3.87. The van der Waals surface area contributed by atoms with Crippen LogP contribution in [0.3, 0.4) is 0 Å². The molecule has 2 bridgehead atoms. The van der Waals surface area contributed by atoms with Crippen LogP contribution < -0.4 is 0 Å². The van der Waals surface area contributed by atoms with Crippen molar-refractivity contribution in [3.8, 4) is 0 Å². The minimum atomic E-state index is -0.341. The Balaban J connectivity index is 1.37. The summed E-state index contributed by atoms with van der Waals surface area (Å²) in [5.74, 6) is 0.320. The molecule has 2 saturated carbocycles. The van der Waals surface area contributed by atoms with Crippen molar-refractivity contribution in [2.75, 3.05) is 6.61 Å². The van der Waals surface area contributed by atoms with Gasteiger partial charge in [-0.05, 0) is 57.7 Å². The van der Waals surface area contributed by atoms with Gasteiger partial charge >= 0.3 is 5.97 Å². The van der Waals surface area contributed by atoms with Gasteiger partial charge in [0.2, 0.25) is 5.78 Å². The number of hydrogen-bond donors (Lipinski definition) is 0. The van der Waals surface area contributed by atoms with Crippen LogP contribution in [0.5, 0.6) is 0 Å². The van der Waals surface area contributed by atoms with Crippen LogP contribution in [-0.2, 0) is 20.9 Å². The number of esters is 1. The normalized spacial score (nSPS) is 23.8. The third kappa shape index (κ3) is 3.93. The topological polar surface area (TPSA) is 78.5 Å². The Hall–Kier alpha value is -2.63. The zero-order valence-electron chi connectivity index (χ0n) is 17.0. The maximum atomic E-state index is 12.7. The first kappa shape index (κ1) is 19.7. The highest BCUT2D eigenvalue weighted by molar-refractivity contribution is 5.99. The number of carbonyl (C=O) groups is 3. The number of ketones is 2. The Kier molecular flexibility index (Phi) is 5.43. The molecule has 6 nitrogen and oxygen atoms in total. The number of ether oxygens (including phenoxy) is 1. The summed E-state index contributed by atoms with van der Waals surface area (Å²) in [5.41, 5.74) is 2.35. The van der Waals surface area contributed by atoms with Crippen LogP contribution in [0.25, 0.3) is 0 Å². The summed E-state index contributed by atoms with van der Waals surface area (Å²) in [6, 6.07) is 5.56. The van der Waals surface area contributed by atoms with Gasteiger partial charge in [0, 0.05) is 28.8 Å². The van der Waals surface area contributed by atoms with Crippen molar-refractivity contribution in [2.45, 2.75) is 52.5 Å². The number of rotatable bonds is 6. The molecule has 0 spiro atoms. The summed E-state index contributed by atoms with van der Waals surface area (Å²) in [5, 5.41) is 0. The first-order chi connectivity index (χ1) is 13.9. The third-order valence-electron chi connectivity index (χ3n) is 6.49. The lowest BCUT2D eigenvalue weighted by atomic mass is 9.67. The number of hydrogen-bond acceptors (Lipinski definition) is 5. The van der Waals surface area contributed by atoms with Crippen molar-refractivity contribution in [1.82, 2.24) is 4.57 Å². The molecule has 0 radical (unpaired) electrons. The van der Waals surface area contributed by atoms with Gasteiger partial charge in [-0.1, -0.05) is 6.42 Å². The molecule has 2 fully saturated rings. The van der Waals surface area contributed by atoms with Gasteiger partial charge < -0.3 is 13.7 Å². The van der Waals surface area contributed by atoms with Gasteiger partial charge in [-0.25, -0.2) is 0 Å². The fourth-order valence-electron chi connectivity index (χ4n) is 4.89. The van der Waals surface area contributed by atoms with E-state index in [0.29, 0.717) is 30.7 Å². The van der Waals surface area contributed by atoms with Crippen LogP contribution in [0.15, 0.2) is 28.9 Å². The second kappa shape index (κ2) is 8.01. The molecule has 154 valence electrons. The average Bonchev–Trinajstić information content (AvgIpc) is 3.29. The highest BCUT2D eigenvalue weighted by Gasteiger charge is 2.41. The first-order valence-electron chi connectivity index (χ1n) is 10.4. The molecule has 0 aliphatic heterocycles. The number of aryl methyl sites for hydroxylation is 1. The number of furan rings is 1. The molecule has 2 atom stereocenters. The van der Waals surface area contributed by atoms with Gasteiger partial charge in [-0.2, -0.15) is 0 Å². The molecule has 0 saturated heterocycles. The van der Waals surface area contributed by atoms with E-state index in [0.717, 1.165) is 36.4 Å². The van der Waals surface area contributed by atoms with Crippen molar-refractivity contribution >= 4 is 17.5 Å². The van der Waals surface area contributed by atoms with E-state index in [4.69, 9.17) is 9.15 Å². The number of Topliss-reactive ketones (excluding diaryl/α,β-unsaturated/α-hetero) is 2. The molecule has 0 unspecified atom stereocenters. The van der Waals surface area contributed by atoms with Gasteiger partial charge in [-0.15, -0.1) is 0 Å². The van der Waals surface area contributed by atoms with Gasteiger partial charge in [0.05, 0.1) is 18.7 Å². The Labute approximate surface area is 170 Å². The van der Waals surface area contributed by atoms with Gasteiger partial charge in [-0.3, -0.25) is 14.4 Å². The number of aromatic nitrogens is 1. The predicted molar refractivity (Wildman–Crippen MR) is 106 cm³/mol. The summed E-state index contributed by atoms with van der Waals surface area (Å²) in [7, 11) is 0. The zero-order valence-corrected chi connectivity index (χ0v) is 17.0. The summed E-state index contributed by atoms with van der Waals surface area (Å²) < 4.78 is 12.8. The van der Waals surface area contributed by atoms with Gasteiger partial charge in [0.1, 0.15) is 11.5 Å². The van der Waals surface area contributed by atoms with Crippen molar-refractivity contribution < 1.29 is 23.5 Å². The molecule has 0 aromatic carbocycles. The monoisotopic (exact) mass is 397 g/mol. The maximum absolute atomic E-state index is 12.7. The van der Waals surface area contributed by atoms with Crippen LogP contribution in [0, 0.1) is 31.6 Å². The van der Waals surface area contributed by atoms with E-state index in [9.17, 15) is 14.4 Å². The second-order valence-corrected chi connectivity index (χ2v) is 8.38. The standard InChI is InChI=1S/C23H27NO5/c1-14-9-20(15(2)24(14)12-19-7-4-8-28-19)21(25)13-29-23(27)18-10-16-5-3-6-17(11-18)22(16)26/h4,7-9,16-18H,3,5-6,10-13H2,1-2H3/t16-,17-/m0/s1. The van der Waals surface area contributed by atoms with Gasteiger partial charge in [0.25, 0.3) is 0 Å². The summed E-state index contributed by atoms with van der Waals surface area (Å²) >= 11 is 0. The Morgan fingerprint density at radius 1 is 1.21 bits per heavy atom. The molecule has 2 aliphatic rings. The number of carbonyl (C=O) groups excluding carboxylic acids is 3. The Morgan fingerprint density at radius 3 is 2.59 bits per heavy atom. The van der Waals surface area contributed by atoms with Crippen LogP contribution in [0.2, 0.25) is 0 Å². The summed E-state index contributed by atoms with van der Waals surface area (Å²) in [6.45, 7) is 4.12. The van der Waals surface area contributed by atoms with E-state index in [-0.39, 0.29) is 36.1 Å². The van der Waals surface area contributed by atoms with Crippen molar-refractivity contribution in [1.29, 1.82) is 0 Å². The molecule has 2 aromatic rings. The van der Waals surface area contributed by atoms with Crippen molar-refractivity contribution in [3.05, 3.63) is 47.2 Å². The lowest BCUT2D eigenvalue weighted by Crippen LogP contribution is -2.39. The molecule has 2 aromatic heterocycles. The highest BCUT2D eigenvalue weighted by Crippen LogP contribution is 2.40. The first-order valence-corrected chi connectivity index (χ1v) is 10.4. The lowest BCUT2D eigenvalue weighted by molar-refractivity contribution is -0.152. The third-order valence-corrected chi connectivity index (χ3v) is 6.49.